The van der Waals surface area contributed by atoms with E-state index in [0.717, 1.165) is 19.3 Å². The van der Waals surface area contributed by atoms with Crippen molar-refractivity contribution >= 4 is 12.0 Å². The topological polar surface area (TPSA) is 78.4 Å². The average Bonchev–Trinajstić information content (AvgIpc) is 2.34. The Balaban J connectivity index is 4.15. The summed E-state index contributed by atoms with van der Waals surface area (Å²) in [6.45, 7) is 10.0. The number of carbonyl (C=O) groups is 2. The number of nitrogens with one attached hydrogen (secondary N) is 2. The van der Waals surface area contributed by atoms with Gasteiger partial charge in [0, 0.05) is 6.04 Å². The van der Waals surface area contributed by atoms with E-state index >= 15 is 0 Å². The third kappa shape index (κ3) is 8.02. The van der Waals surface area contributed by atoms with Gasteiger partial charge in [-0.2, -0.15) is 0 Å². The highest BCUT2D eigenvalue weighted by molar-refractivity contribution is 5.82. The lowest BCUT2D eigenvalue weighted by Crippen LogP contribution is -2.50. The van der Waals surface area contributed by atoms with Crippen LogP contribution in [0, 0.1) is 11.8 Å². The quantitative estimate of drug-likeness (QED) is 0.609. The lowest BCUT2D eigenvalue weighted by molar-refractivity contribution is -0.140. The van der Waals surface area contributed by atoms with Crippen molar-refractivity contribution in [3.8, 4) is 0 Å². The van der Waals surface area contributed by atoms with Crippen LogP contribution in [0.5, 0.6) is 0 Å². The number of hydrogen-bond donors (Lipinski definition) is 3. The molecule has 0 rings (SSSR count). The minimum atomic E-state index is -0.984. The number of amides is 2. The van der Waals surface area contributed by atoms with Gasteiger partial charge in [-0.3, -0.25) is 0 Å². The Morgan fingerprint density at radius 3 is 2.10 bits per heavy atom. The second kappa shape index (κ2) is 9.61. The van der Waals surface area contributed by atoms with Gasteiger partial charge >= 0.3 is 12.0 Å². The minimum absolute atomic E-state index is 0.0557. The second-order valence-electron chi connectivity index (χ2n) is 6.05. The summed E-state index contributed by atoms with van der Waals surface area (Å²) in [7, 11) is 0. The fourth-order valence-electron chi connectivity index (χ4n) is 1.99. The monoisotopic (exact) mass is 286 g/mol. The summed E-state index contributed by atoms with van der Waals surface area (Å²) in [5, 5.41) is 14.5. The molecule has 0 spiro atoms. The summed E-state index contributed by atoms with van der Waals surface area (Å²) in [5.41, 5.74) is 0. The van der Waals surface area contributed by atoms with E-state index < -0.39 is 18.0 Å². The molecular weight excluding hydrogens is 256 g/mol. The number of carboxylic acids is 1. The van der Waals surface area contributed by atoms with Crippen LogP contribution in [-0.4, -0.2) is 29.2 Å². The van der Waals surface area contributed by atoms with Crippen LogP contribution in [0.3, 0.4) is 0 Å². The number of rotatable bonds is 9. The Labute approximate surface area is 122 Å². The van der Waals surface area contributed by atoms with Gasteiger partial charge in [-0.05, 0) is 25.2 Å². The summed E-state index contributed by atoms with van der Waals surface area (Å²) in [5.74, 6) is -0.408. The molecule has 0 saturated heterocycles. The smallest absolute Gasteiger partial charge is 0.326 e. The molecule has 0 radical (unpaired) electrons. The molecule has 0 bridgehead atoms. The van der Waals surface area contributed by atoms with Crippen LogP contribution in [0.15, 0.2) is 0 Å². The fourth-order valence-corrected chi connectivity index (χ4v) is 1.99. The van der Waals surface area contributed by atoms with Crippen LogP contribution in [0.2, 0.25) is 0 Å². The first-order chi connectivity index (χ1) is 9.27. The zero-order chi connectivity index (χ0) is 15.7. The van der Waals surface area contributed by atoms with E-state index in [4.69, 9.17) is 5.11 Å². The van der Waals surface area contributed by atoms with Crippen molar-refractivity contribution < 1.29 is 14.7 Å². The Morgan fingerprint density at radius 1 is 1.05 bits per heavy atom. The predicted octanol–water partition coefficient (Wildman–Crippen LogP) is 3.00. The largest absolute Gasteiger partial charge is 0.480 e. The van der Waals surface area contributed by atoms with Gasteiger partial charge in [-0.15, -0.1) is 0 Å². The predicted molar refractivity (Wildman–Crippen MR) is 80.7 cm³/mol. The number of urea groups is 1. The van der Waals surface area contributed by atoms with Crippen molar-refractivity contribution in [3.05, 3.63) is 0 Å². The zero-order valence-electron chi connectivity index (χ0n) is 13.4. The molecule has 0 unspecified atom stereocenters. The molecule has 0 aliphatic carbocycles. The maximum atomic E-state index is 11.8. The maximum Gasteiger partial charge on any atom is 0.326 e. The van der Waals surface area contributed by atoms with E-state index in [1.165, 1.54) is 0 Å². The molecule has 0 aliphatic rings. The molecule has 0 aromatic rings. The summed E-state index contributed by atoms with van der Waals surface area (Å²) < 4.78 is 0. The molecule has 20 heavy (non-hydrogen) atoms. The van der Waals surface area contributed by atoms with Gasteiger partial charge in [0.15, 0.2) is 0 Å². The highest BCUT2D eigenvalue weighted by Crippen LogP contribution is 2.09. The Bertz CT molecular complexity index is 305. The van der Waals surface area contributed by atoms with Crippen LogP contribution in [0.25, 0.3) is 0 Å². The molecule has 0 fully saturated rings. The lowest BCUT2D eigenvalue weighted by Gasteiger charge is -2.22. The Morgan fingerprint density at radius 2 is 1.65 bits per heavy atom. The van der Waals surface area contributed by atoms with Gasteiger partial charge in [0.05, 0.1) is 0 Å². The molecule has 2 amide bonds. The molecule has 5 nitrogen and oxygen atoms in total. The zero-order valence-corrected chi connectivity index (χ0v) is 13.4. The fraction of sp³-hybridized carbons (Fsp3) is 0.867. The van der Waals surface area contributed by atoms with Crippen molar-refractivity contribution in [3.63, 3.8) is 0 Å². The molecule has 0 aliphatic heterocycles. The van der Waals surface area contributed by atoms with Crippen LogP contribution in [0.4, 0.5) is 4.79 Å². The second-order valence-corrected chi connectivity index (χ2v) is 6.05. The van der Waals surface area contributed by atoms with Crippen molar-refractivity contribution in [2.75, 3.05) is 0 Å². The molecule has 3 atom stereocenters. The standard InChI is InChI=1S/C15H30N2O3/c1-6-11(4)13(14(18)19)17-15(20)16-12(5)9-7-8-10(2)3/h10-13H,6-9H2,1-5H3,(H,18,19)(H2,16,17,20)/t11-,12-,13-/m0/s1. The van der Waals surface area contributed by atoms with Gasteiger partial charge < -0.3 is 15.7 Å². The molecule has 0 saturated carbocycles. The normalized spacial score (nSPS) is 15.5. The van der Waals surface area contributed by atoms with Gasteiger partial charge in [-0.25, -0.2) is 9.59 Å². The highest BCUT2D eigenvalue weighted by Gasteiger charge is 2.25. The average molecular weight is 286 g/mol. The van der Waals surface area contributed by atoms with Crippen molar-refractivity contribution in [2.45, 2.75) is 72.4 Å². The van der Waals surface area contributed by atoms with Crippen molar-refractivity contribution in [2.24, 2.45) is 11.8 Å². The minimum Gasteiger partial charge on any atom is -0.480 e. The third-order valence-corrected chi connectivity index (χ3v) is 3.56. The van der Waals surface area contributed by atoms with E-state index in [2.05, 4.69) is 24.5 Å². The summed E-state index contributed by atoms with van der Waals surface area (Å²) in [6.07, 6.45) is 3.82. The molecule has 118 valence electrons. The summed E-state index contributed by atoms with van der Waals surface area (Å²) in [4.78, 5) is 22.9. The van der Waals surface area contributed by atoms with Crippen LogP contribution >= 0.6 is 0 Å². The van der Waals surface area contributed by atoms with Gasteiger partial charge in [0.1, 0.15) is 6.04 Å². The van der Waals surface area contributed by atoms with Crippen LogP contribution in [0.1, 0.15) is 60.3 Å². The summed E-state index contributed by atoms with van der Waals surface area (Å²) in [6, 6.07) is -1.17. The molecule has 3 N–H and O–H groups in total. The Kier molecular flexibility index (Phi) is 9.01. The van der Waals surface area contributed by atoms with Gasteiger partial charge in [0.25, 0.3) is 0 Å². The molecule has 0 aromatic carbocycles. The molecule has 0 aromatic heterocycles. The van der Waals surface area contributed by atoms with Gasteiger partial charge in [0.2, 0.25) is 0 Å². The van der Waals surface area contributed by atoms with Crippen molar-refractivity contribution in [1.29, 1.82) is 0 Å². The van der Waals surface area contributed by atoms with E-state index in [1.54, 1.807) is 0 Å². The van der Waals surface area contributed by atoms with E-state index in [1.807, 2.05) is 20.8 Å². The van der Waals surface area contributed by atoms with E-state index in [9.17, 15) is 9.59 Å². The third-order valence-electron chi connectivity index (χ3n) is 3.56. The maximum absolute atomic E-state index is 11.8. The number of hydrogen-bond acceptors (Lipinski definition) is 2. The SMILES string of the molecule is CC[C@H](C)[C@H](NC(=O)N[C@@H](C)CCCC(C)C)C(=O)O. The summed E-state index contributed by atoms with van der Waals surface area (Å²) >= 11 is 0. The first-order valence-corrected chi connectivity index (χ1v) is 7.57. The van der Waals surface area contributed by atoms with E-state index in [0.29, 0.717) is 12.3 Å². The molecular formula is C15H30N2O3. The molecule has 0 heterocycles. The molecule has 5 heteroatoms. The highest BCUT2D eigenvalue weighted by atomic mass is 16.4. The first kappa shape index (κ1) is 18.7. The number of carboxylic acid groups (broad SMARTS) is 1. The van der Waals surface area contributed by atoms with Crippen molar-refractivity contribution in [1.82, 2.24) is 10.6 Å². The van der Waals surface area contributed by atoms with Gasteiger partial charge in [-0.1, -0.05) is 47.0 Å². The number of aliphatic carboxylic acids is 1. The van der Waals surface area contributed by atoms with Crippen LogP contribution < -0.4 is 10.6 Å². The Hall–Kier alpha value is -1.26. The van der Waals surface area contributed by atoms with E-state index in [-0.39, 0.29) is 12.0 Å². The lowest BCUT2D eigenvalue weighted by atomic mass is 9.99. The number of carbonyl (C=O) groups excluding carboxylic acids is 1. The first-order valence-electron chi connectivity index (χ1n) is 7.57. The van der Waals surface area contributed by atoms with Crippen LogP contribution in [-0.2, 0) is 4.79 Å².